The van der Waals surface area contributed by atoms with Crippen LogP contribution in [0.3, 0.4) is 0 Å². The Hall–Kier alpha value is -0.650. The fourth-order valence-corrected chi connectivity index (χ4v) is 4.43. The molecule has 1 atom stereocenters. The molecule has 1 spiro atoms. The summed E-state index contributed by atoms with van der Waals surface area (Å²) in [5.41, 5.74) is 0.334. The number of hydrogen-bond donors (Lipinski definition) is 1. The SMILES string of the molecule is CC(C)N1CCC(NC(=O)CN2CCC3(CCCOC3)C2)CC1. The number of carbonyl (C=O) groups excluding carboxylic acids is 1. The van der Waals surface area contributed by atoms with Crippen LogP contribution in [-0.2, 0) is 9.53 Å². The van der Waals surface area contributed by atoms with Gasteiger partial charge in [0.2, 0.25) is 5.91 Å². The molecule has 3 heterocycles. The number of nitrogens with zero attached hydrogens (tertiary/aromatic N) is 2. The summed E-state index contributed by atoms with van der Waals surface area (Å²) in [4.78, 5) is 17.2. The number of piperidine rings is 1. The van der Waals surface area contributed by atoms with Crippen LogP contribution < -0.4 is 5.32 Å². The van der Waals surface area contributed by atoms with Gasteiger partial charge in [-0.05, 0) is 52.5 Å². The number of rotatable bonds is 4. The highest BCUT2D eigenvalue weighted by molar-refractivity contribution is 5.78. The highest BCUT2D eigenvalue weighted by atomic mass is 16.5. The van der Waals surface area contributed by atoms with Crippen LogP contribution in [0.1, 0.15) is 46.0 Å². The second-order valence-electron chi connectivity index (χ2n) is 8.09. The minimum absolute atomic E-state index is 0.210. The molecule has 3 aliphatic rings. The molecule has 3 aliphatic heterocycles. The molecule has 0 aromatic heterocycles. The van der Waals surface area contributed by atoms with E-state index in [0.717, 1.165) is 52.2 Å². The van der Waals surface area contributed by atoms with E-state index in [4.69, 9.17) is 4.74 Å². The molecule has 0 saturated carbocycles. The molecule has 3 fully saturated rings. The Kier molecular flexibility index (Phi) is 5.60. The number of carbonyl (C=O) groups is 1. The highest BCUT2D eigenvalue weighted by Crippen LogP contribution is 2.37. The van der Waals surface area contributed by atoms with Crippen LogP contribution in [-0.4, -0.2) is 73.7 Å². The van der Waals surface area contributed by atoms with Crippen molar-refractivity contribution < 1.29 is 9.53 Å². The third-order valence-corrected chi connectivity index (χ3v) is 5.91. The Balaban J connectivity index is 1.39. The summed E-state index contributed by atoms with van der Waals surface area (Å²) in [5, 5.41) is 3.26. The van der Waals surface area contributed by atoms with Crippen molar-refractivity contribution in [3.63, 3.8) is 0 Å². The van der Waals surface area contributed by atoms with E-state index >= 15 is 0 Å². The summed E-state index contributed by atoms with van der Waals surface area (Å²) in [7, 11) is 0. The summed E-state index contributed by atoms with van der Waals surface area (Å²) < 4.78 is 5.68. The van der Waals surface area contributed by atoms with Crippen molar-refractivity contribution in [2.75, 3.05) is 45.9 Å². The lowest BCUT2D eigenvalue weighted by atomic mass is 9.82. The molecule has 5 nitrogen and oxygen atoms in total. The summed E-state index contributed by atoms with van der Waals surface area (Å²) in [5.74, 6) is 0.210. The number of ether oxygens (including phenoxy) is 1. The molecule has 0 radical (unpaired) electrons. The Bertz CT molecular complexity index is 399. The van der Waals surface area contributed by atoms with Crippen LogP contribution in [0.15, 0.2) is 0 Å². The molecule has 23 heavy (non-hydrogen) atoms. The Morgan fingerprint density at radius 2 is 2.04 bits per heavy atom. The van der Waals surface area contributed by atoms with E-state index in [0.29, 0.717) is 24.0 Å². The van der Waals surface area contributed by atoms with Gasteiger partial charge in [0.05, 0.1) is 13.2 Å². The predicted octanol–water partition coefficient (Wildman–Crippen LogP) is 1.48. The third kappa shape index (κ3) is 4.46. The van der Waals surface area contributed by atoms with E-state index in [1.165, 1.54) is 19.3 Å². The summed E-state index contributed by atoms with van der Waals surface area (Å²) in [6, 6.07) is 0.984. The molecule has 1 amide bonds. The molecule has 0 aromatic rings. The van der Waals surface area contributed by atoms with Gasteiger partial charge in [-0.1, -0.05) is 0 Å². The smallest absolute Gasteiger partial charge is 0.234 e. The molecular weight excluding hydrogens is 290 g/mol. The number of amides is 1. The lowest BCUT2D eigenvalue weighted by molar-refractivity contribution is -0.123. The van der Waals surface area contributed by atoms with Gasteiger partial charge in [0.1, 0.15) is 0 Å². The first-order valence-electron chi connectivity index (χ1n) is 9.40. The number of likely N-dealkylation sites (tertiary alicyclic amines) is 2. The average Bonchev–Trinajstić information content (AvgIpc) is 2.90. The minimum atomic E-state index is 0.210. The first-order chi connectivity index (χ1) is 11.1. The number of nitrogens with one attached hydrogen (secondary N) is 1. The minimum Gasteiger partial charge on any atom is -0.381 e. The van der Waals surface area contributed by atoms with Crippen molar-refractivity contribution in [1.82, 2.24) is 15.1 Å². The summed E-state index contributed by atoms with van der Waals surface area (Å²) >= 11 is 0. The lowest BCUT2D eigenvalue weighted by Gasteiger charge is -2.35. The predicted molar refractivity (Wildman–Crippen MR) is 91.4 cm³/mol. The van der Waals surface area contributed by atoms with Crippen molar-refractivity contribution in [2.24, 2.45) is 5.41 Å². The molecule has 0 bridgehead atoms. The summed E-state index contributed by atoms with van der Waals surface area (Å²) in [6.45, 7) is 11.1. The Morgan fingerprint density at radius 1 is 1.26 bits per heavy atom. The molecule has 3 rings (SSSR count). The van der Waals surface area contributed by atoms with Crippen LogP contribution in [0.2, 0.25) is 0 Å². The zero-order valence-corrected chi connectivity index (χ0v) is 14.9. The van der Waals surface area contributed by atoms with Gasteiger partial charge in [-0.25, -0.2) is 0 Å². The van der Waals surface area contributed by atoms with Crippen molar-refractivity contribution in [3.8, 4) is 0 Å². The fraction of sp³-hybridized carbons (Fsp3) is 0.944. The van der Waals surface area contributed by atoms with Gasteiger partial charge in [-0.2, -0.15) is 0 Å². The topological polar surface area (TPSA) is 44.8 Å². The van der Waals surface area contributed by atoms with Gasteiger partial charge >= 0.3 is 0 Å². The monoisotopic (exact) mass is 323 g/mol. The summed E-state index contributed by atoms with van der Waals surface area (Å²) in [6.07, 6.45) is 5.80. The maximum atomic E-state index is 12.4. The zero-order chi connectivity index (χ0) is 16.3. The normalized spacial score (nSPS) is 31.1. The second kappa shape index (κ2) is 7.49. The van der Waals surface area contributed by atoms with E-state index < -0.39 is 0 Å². The van der Waals surface area contributed by atoms with Crippen LogP contribution in [0.5, 0.6) is 0 Å². The van der Waals surface area contributed by atoms with Crippen LogP contribution >= 0.6 is 0 Å². The quantitative estimate of drug-likeness (QED) is 0.851. The fourth-order valence-electron chi connectivity index (χ4n) is 4.43. The van der Waals surface area contributed by atoms with E-state index in [-0.39, 0.29) is 5.91 Å². The zero-order valence-electron chi connectivity index (χ0n) is 14.9. The van der Waals surface area contributed by atoms with Crippen LogP contribution in [0, 0.1) is 5.41 Å². The van der Waals surface area contributed by atoms with Gasteiger partial charge < -0.3 is 15.0 Å². The molecule has 5 heteroatoms. The Morgan fingerprint density at radius 3 is 2.70 bits per heavy atom. The average molecular weight is 323 g/mol. The van der Waals surface area contributed by atoms with E-state index in [9.17, 15) is 4.79 Å². The maximum Gasteiger partial charge on any atom is 0.234 e. The molecule has 3 saturated heterocycles. The van der Waals surface area contributed by atoms with Gasteiger partial charge in [0.25, 0.3) is 0 Å². The van der Waals surface area contributed by atoms with Gasteiger partial charge in [-0.15, -0.1) is 0 Å². The van der Waals surface area contributed by atoms with Crippen LogP contribution in [0.25, 0.3) is 0 Å². The molecular formula is C18H33N3O2. The highest BCUT2D eigenvalue weighted by Gasteiger charge is 2.40. The largest absolute Gasteiger partial charge is 0.381 e. The molecule has 0 aromatic carbocycles. The Labute approximate surface area is 140 Å². The van der Waals surface area contributed by atoms with Crippen molar-refractivity contribution in [1.29, 1.82) is 0 Å². The van der Waals surface area contributed by atoms with Gasteiger partial charge in [-0.3, -0.25) is 9.69 Å². The molecule has 1 unspecified atom stereocenters. The molecule has 1 N–H and O–H groups in total. The maximum absolute atomic E-state index is 12.4. The van der Waals surface area contributed by atoms with Crippen molar-refractivity contribution >= 4 is 5.91 Å². The van der Waals surface area contributed by atoms with Crippen LogP contribution in [0.4, 0.5) is 0 Å². The van der Waals surface area contributed by atoms with Crippen molar-refractivity contribution in [2.45, 2.75) is 58.0 Å². The second-order valence-corrected chi connectivity index (χ2v) is 8.09. The molecule has 132 valence electrons. The van der Waals surface area contributed by atoms with Crippen molar-refractivity contribution in [3.05, 3.63) is 0 Å². The third-order valence-electron chi connectivity index (χ3n) is 5.91. The van der Waals surface area contributed by atoms with E-state index in [1.807, 2.05) is 0 Å². The van der Waals surface area contributed by atoms with Gasteiger partial charge in [0.15, 0.2) is 0 Å². The first-order valence-corrected chi connectivity index (χ1v) is 9.40. The molecule has 0 aliphatic carbocycles. The standard InChI is InChI=1S/C18H33N3O2/c1-15(2)21-8-4-16(5-9-21)19-17(22)12-20-10-7-18(13-20)6-3-11-23-14-18/h15-16H,3-14H2,1-2H3,(H,19,22). The lowest BCUT2D eigenvalue weighted by Crippen LogP contribution is -2.48. The number of hydrogen-bond acceptors (Lipinski definition) is 4. The van der Waals surface area contributed by atoms with E-state index in [1.54, 1.807) is 0 Å². The van der Waals surface area contributed by atoms with Gasteiger partial charge in [0, 0.05) is 43.7 Å². The first kappa shape index (κ1) is 17.2. The van der Waals surface area contributed by atoms with E-state index in [2.05, 4.69) is 29.0 Å².